The molecule has 0 saturated heterocycles. The molecule has 0 aliphatic heterocycles. The van der Waals surface area contributed by atoms with Crippen LogP contribution >= 0.6 is 0 Å². The van der Waals surface area contributed by atoms with Crippen LogP contribution in [0.25, 0.3) is 54.9 Å². The molecule has 1 aliphatic carbocycles. The fourth-order valence-electron chi connectivity index (χ4n) is 4.94. The van der Waals surface area contributed by atoms with Crippen LogP contribution in [0.15, 0.2) is 77.2 Å². The van der Waals surface area contributed by atoms with E-state index in [1.54, 1.807) is 0 Å². The third-order valence-corrected chi connectivity index (χ3v) is 6.30. The first kappa shape index (κ1) is 14.5. The van der Waals surface area contributed by atoms with E-state index >= 15 is 0 Å². The molecule has 4 aromatic carbocycles. The summed E-state index contributed by atoms with van der Waals surface area (Å²) in [5.74, 6) is 0. The molecule has 1 aliphatic rings. The van der Waals surface area contributed by atoms with Crippen LogP contribution in [0.3, 0.4) is 0 Å². The number of rotatable bonds is 0. The van der Waals surface area contributed by atoms with Gasteiger partial charge in [-0.05, 0) is 59.0 Å². The van der Waals surface area contributed by atoms with Crippen molar-refractivity contribution in [3.8, 4) is 11.3 Å². The van der Waals surface area contributed by atoms with Crippen molar-refractivity contribution < 1.29 is 5.84 Å². The van der Waals surface area contributed by atoms with Crippen LogP contribution in [0.5, 0.6) is 0 Å². The molecule has 134 valence electrons. The van der Waals surface area contributed by atoms with Gasteiger partial charge < -0.3 is 9.40 Å². The van der Waals surface area contributed by atoms with Crippen LogP contribution in [0.1, 0.15) is 12.6 Å². The number of aromatic nitrogens is 1. The summed E-state index contributed by atoms with van der Waals surface area (Å²) in [6.45, 7) is 0. The Bertz CT molecular complexity index is 1570. The van der Waals surface area contributed by atoms with Gasteiger partial charge in [-0.25, -0.2) is 0 Å². The highest BCUT2D eigenvalue weighted by Gasteiger charge is 2.21. The molecular formula is C26H19NO. The second-order valence-corrected chi connectivity index (χ2v) is 7.83. The smallest absolute Gasteiger partial charge is 0.136 e. The lowest BCUT2D eigenvalue weighted by Gasteiger charge is -2.16. The van der Waals surface area contributed by atoms with E-state index in [4.69, 9.17) is 4.42 Å². The van der Waals surface area contributed by atoms with Crippen LogP contribution in [-0.2, 0) is 12.8 Å². The number of H-pyrrole nitrogens is 1. The third kappa shape index (κ3) is 1.82. The third-order valence-electron chi connectivity index (χ3n) is 6.30. The Kier molecular flexibility index (Phi) is 2.62. The molecule has 2 heteroatoms. The average molecular weight is 361 g/mol. The van der Waals surface area contributed by atoms with Crippen molar-refractivity contribution in [3.63, 3.8) is 0 Å². The number of hydrogen-bond donors (Lipinski definition) is 1. The molecule has 0 saturated carbocycles. The number of benzene rings is 4. The van der Waals surface area contributed by atoms with Crippen LogP contribution < -0.4 is 0 Å². The molecule has 7 rings (SSSR count). The van der Waals surface area contributed by atoms with Crippen molar-refractivity contribution in [2.24, 2.45) is 0 Å². The number of hydrogen-bond acceptors (Lipinski definition) is 1. The highest BCUT2D eigenvalue weighted by Crippen LogP contribution is 2.41. The predicted molar refractivity (Wildman–Crippen MR) is 118 cm³/mol. The van der Waals surface area contributed by atoms with Crippen LogP contribution in [0.4, 0.5) is 0 Å². The summed E-state index contributed by atoms with van der Waals surface area (Å²) in [7, 11) is 0. The zero-order chi connectivity index (χ0) is 18.2. The Morgan fingerprint density at radius 3 is 2.39 bits per heavy atom. The number of furan rings is 1. The number of aromatic amines is 1. The number of aryl methyl sites for hydroxylation is 2. The zero-order valence-electron chi connectivity index (χ0n) is 15.3. The van der Waals surface area contributed by atoms with Crippen molar-refractivity contribution in [3.05, 3.63) is 83.9 Å². The second-order valence-electron chi connectivity index (χ2n) is 7.83. The maximum atomic E-state index is 6.28. The van der Waals surface area contributed by atoms with Gasteiger partial charge in [0.25, 0.3) is 0 Å². The van der Waals surface area contributed by atoms with Gasteiger partial charge in [-0.15, -0.1) is 0 Å². The molecule has 2 nitrogen and oxygen atoms in total. The first-order valence-electron chi connectivity index (χ1n) is 9.83. The molecule has 0 bridgehead atoms. The van der Waals surface area contributed by atoms with E-state index in [-0.39, 0.29) is 1.43 Å². The normalized spacial score (nSPS) is 13.4. The number of nitrogens with one attached hydrogen (secondary N) is 1. The monoisotopic (exact) mass is 361 g/mol. The molecular weight excluding hydrogens is 342 g/mol. The summed E-state index contributed by atoms with van der Waals surface area (Å²) >= 11 is 0. The summed E-state index contributed by atoms with van der Waals surface area (Å²) in [6.07, 6.45) is 2.17. The lowest BCUT2D eigenvalue weighted by molar-refractivity contribution is 0.670. The van der Waals surface area contributed by atoms with E-state index in [0.29, 0.717) is 0 Å². The van der Waals surface area contributed by atoms with E-state index in [9.17, 15) is 0 Å². The van der Waals surface area contributed by atoms with E-state index < -0.39 is 0 Å². The summed E-state index contributed by atoms with van der Waals surface area (Å²) in [4.78, 5) is 3.71. The molecule has 6 aromatic rings. The Labute approximate surface area is 162 Å². The minimum atomic E-state index is 0. The summed E-state index contributed by atoms with van der Waals surface area (Å²) < 4.78 is 6.28. The van der Waals surface area contributed by atoms with E-state index in [1.165, 1.54) is 54.8 Å². The molecule has 0 atom stereocenters. The van der Waals surface area contributed by atoms with Gasteiger partial charge in [-0.2, -0.15) is 0 Å². The quantitative estimate of drug-likeness (QED) is 0.304. The summed E-state index contributed by atoms with van der Waals surface area (Å²) in [5, 5.41) is 6.12. The molecule has 2 heterocycles. The van der Waals surface area contributed by atoms with Crippen molar-refractivity contribution in [2.45, 2.75) is 12.8 Å². The van der Waals surface area contributed by atoms with Crippen LogP contribution in [0.2, 0.25) is 0 Å². The molecule has 2 aromatic heterocycles. The topological polar surface area (TPSA) is 28.9 Å². The van der Waals surface area contributed by atoms with Gasteiger partial charge in [0.2, 0.25) is 0 Å². The van der Waals surface area contributed by atoms with E-state index in [1.807, 2.05) is 0 Å². The molecule has 0 radical (unpaired) electrons. The first-order valence-corrected chi connectivity index (χ1v) is 9.83. The Morgan fingerprint density at radius 2 is 1.46 bits per heavy atom. The van der Waals surface area contributed by atoms with Crippen molar-refractivity contribution in [1.29, 1.82) is 0 Å². The minimum absolute atomic E-state index is 0. The van der Waals surface area contributed by atoms with Crippen molar-refractivity contribution >= 4 is 43.6 Å². The molecule has 0 spiro atoms. The fourth-order valence-corrected chi connectivity index (χ4v) is 4.94. The van der Waals surface area contributed by atoms with Crippen molar-refractivity contribution in [2.75, 3.05) is 0 Å². The Balaban J connectivity index is 0.00000165. The van der Waals surface area contributed by atoms with Gasteiger partial charge in [0, 0.05) is 34.4 Å². The second kappa shape index (κ2) is 5.05. The van der Waals surface area contributed by atoms with Crippen molar-refractivity contribution in [1.82, 2.24) is 4.98 Å². The highest BCUT2D eigenvalue weighted by atomic mass is 16.3. The molecule has 28 heavy (non-hydrogen) atoms. The minimum Gasteiger partial charge on any atom is -0.456 e. The molecule has 0 unspecified atom stereocenters. The average Bonchev–Trinajstić information content (AvgIpc) is 3.27. The Morgan fingerprint density at radius 1 is 0.714 bits per heavy atom. The lowest BCUT2D eigenvalue weighted by Crippen LogP contribution is -2.02. The molecule has 0 amide bonds. The first-order chi connectivity index (χ1) is 13.8. The summed E-state index contributed by atoms with van der Waals surface area (Å²) in [6, 6.07) is 26.1. The van der Waals surface area contributed by atoms with Crippen LogP contribution in [0, 0.1) is 0 Å². The van der Waals surface area contributed by atoms with Gasteiger partial charge in [-0.1, -0.05) is 48.5 Å². The zero-order valence-corrected chi connectivity index (χ0v) is 15.3. The highest BCUT2D eigenvalue weighted by molar-refractivity contribution is 6.14. The predicted octanol–water partition coefficient (Wildman–Crippen LogP) is 7.23. The summed E-state index contributed by atoms with van der Waals surface area (Å²) in [5.41, 5.74) is 8.60. The SMILES string of the molecule is [HH].c1ccc2c(c1)CCc1c-2[nH]c2cc3c(cc12)oc1cc2ccccc2cc13. The maximum absolute atomic E-state index is 6.28. The molecule has 0 fully saturated rings. The maximum Gasteiger partial charge on any atom is 0.136 e. The van der Waals surface area contributed by atoms with Crippen LogP contribution in [-0.4, -0.2) is 4.98 Å². The van der Waals surface area contributed by atoms with Gasteiger partial charge in [0.15, 0.2) is 0 Å². The van der Waals surface area contributed by atoms with Gasteiger partial charge >= 0.3 is 0 Å². The van der Waals surface area contributed by atoms with E-state index in [2.05, 4.69) is 77.8 Å². The molecule has 1 N–H and O–H groups in total. The number of fused-ring (bicyclic) bond motifs is 9. The van der Waals surface area contributed by atoms with Gasteiger partial charge in [-0.3, -0.25) is 0 Å². The lowest BCUT2D eigenvalue weighted by atomic mass is 9.89. The standard InChI is InChI=1S/C26H17NO.H2/c1-2-7-17-12-24-21(11-16(17)6-1)22-13-23-20(14-25(22)28-24)19-10-9-15-5-3-4-8-18(15)26(19)27-23;/h1-8,11-14,27H,9-10H2;1H. The fraction of sp³-hybridized carbons (Fsp3) is 0.0769. The Hall–Kier alpha value is -3.52. The largest absolute Gasteiger partial charge is 0.456 e. The van der Waals surface area contributed by atoms with Gasteiger partial charge in [0.05, 0.1) is 0 Å². The van der Waals surface area contributed by atoms with Gasteiger partial charge in [0.1, 0.15) is 11.2 Å². The van der Waals surface area contributed by atoms with E-state index in [0.717, 1.165) is 24.0 Å².